The lowest BCUT2D eigenvalue weighted by atomic mass is 10.1. The highest BCUT2D eigenvalue weighted by Gasteiger charge is 2.26. The van der Waals surface area contributed by atoms with Crippen molar-refractivity contribution in [1.29, 1.82) is 0 Å². The fourth-order valence-electron chi connectivity index (χ4n) is 1.96. The minimum Gasteiger partial charge on any atom is -0.207 e. The van der Waals surface area contributed by atoms with Gasteiger partial charge in [-0.25, -0.2) is 17.2 Å². The van der Waals surface area contributed by atoms with Gasteiger partial charge >= 0.3 is 0 Å². The van der Waals surface area contributed by atoms with E-state index in [0.717, 1.165) is 20.9 Å². The van der Waals surface area contributed by atoms with Crippen molar-refractivity contribution in [3.8, 4) is 0 Å². The second kappa shape index (κ2) is 6.44. The zero-order chi connectivity index (χ0) is 16.5. The minimum atomic E-state index is -3.73. The van der Waals surface area contributed by atoms with E-state index in [0.29, 0.717) is 5.56 Å². The van der Waals surface area contributed by atoms with Crippen molar-refractivity contribution in [3.63, 3.8) is 0 Å². The van der Waals surface area contributed by atoms with Crippen molar-refractivity contribution in [2.24, 2.45) is 0 Å². The molecule has 2 aromatic rings. The van der Waals surface area contributed by atoms with E-state index in [9.17, 15) is 17.2 Å². The fraction of sp³-hybridized carbons (Fsp3) is 0.200. The van der Waals surface area contributed by atoms with Crippen LogP contribution in [0.2, 0.25) is 0 Å². The Hall–Kier alpha value is -1.31. The number of hydrogen-bond donors (Lipinski definition) is 0. The van der Waals surface area contributed by atoms with E-state index in [1.54, 1.807) is 19.1 Å². The third kappa shape index (κ3) is 3.37. The van der Waals surface area contributed by atoms with E-state index >= 15 is 0 Å². The first kappa shape index (κ1) is 17.1. The normalized spacial score (nSPS) is 13.4. The van der Waals surface area contributed by atoms with Crippen LogP contribution in [0.3, 0.4) is 0 Å². The van der Waals surface area contributed by atoms with E-state index in [2.05, 4.69) is 15.9 Å². The van der Waals surface area contributed by atoms with Crippen LogP contribution in [0.15, 0.2) is 51.8 Å². The highest BCUT2D eigenvalue weighted by molar-refractivity contribution is 9.10. The predicted molar refractivity (Wildman–Crippen MR) is 83.9 cm³/mol. The van der Waals surface area contributed by atoms with Gasteiger partial charge in [-0.2, -0.15) is 4.31 Å². The Morgan fingerprint density at radius 3 is 2.18 bits per heavy atom. The van der Waals surface area contributed by atoms with Crippen LogP contribution in [0.5, 0.6) is 0 Å². The van der Waals surface area contributed by atoms with Gasteiger partial charge in [-0.15, -0.1) is 0 Å². The van der Waals surface area contributed by atoms with Gasteiger partial charge in [-0.3, -0.25) is 0 Å². The molecule has 1 unspecified atom stereocenters. The number of nitrogens with zero attached hydrogens (tertiary/aromatic N) is 1. The molecule has 0 N–H and O–H groups in total. The zero-order valence-electron chi connectivity index (χ0n) is 11.9. The summed E-state index contributed by atoms with van der Waals surface area (Å²) >= 11 is 3.24. The molecule has 3 nitrogen and oxygen atoms in total. The van der Waals surface area contributed by atoms with Crippen LogP contribution in [0, 0.1) is 11.6 Å². The van der Waals surface area contributed by atoms with Crippen LogP contribution in [0.4, 0.5) is 8.78 Å². The summed E-state index contributed by atoms with van der Waals surface area (Å²) in [6.45, 7) is 1.61. The molecule has 2 rings (SSSR count). The standard InChI is InChI=1S/C15H14BrF2NO2S/c1-10(11-3-8-14(17)15(18)9-11)19(2)22(20,21)13-6-4-12(16)5-7-13/h3-10H,1-2H3. The topological polar surface area (TPSA) is 37.4 Å². The molecular weight excluding hydrogens is 376 g/mol. The molecule has 2 aromatic carbocycles. The molecule has 22 heavy (non-hydrogen) atoms. The van der Waals surface area contributed by atoms with Gasteiger partial charge in [0.2, 0.25) is 10.0 Å². The summed E-state index contributed by atoms with van der Waals surface area (Å²) in [6.07, 6.45) is 0. The van der Waals surface area contributed by atoms with Crippen LogP contribution in [-0.2, 0) is 10.0 Å². The van der Waals surface area contributed by atoms with Crippen molar-refractivity contribution < 1.29 is 17.2 Å². The van der Waals surface area contributed by atoms with Crippen molar-refractivity contribution in [2.45, 2.75) is 17.9 Å². The smallest absolute Gasteiger partial charge is 0.207 e. The number of hydrogen-bond acceptors (Lipinski definition) is 2. The lowest BCUT2D eigenvalue weighted by Gasteiger charge is -2.24. The first-order chi connectivity index (χ1) is 10.2. The molecule has 118 valence electrons. The molecule has 7 heteroatoms. The summed E-state index contributed by atoms with van der Waals surface area (Å²) in [5, 5.41) is 0. The molecule has 0 saturated carbocycles. The van der Waals surface area contributed by atoms with Gasteiger partial charge < -0.3 is 0 Å². The molecule has 0 radical (unpaired) electrons. The monoisotopic (exact) mass is 389 g/mol. The van der Waals surface area contributed by atoms with E-state index in [4.69, 9.17) is 0 Å². The highest BCUT2D eigenvalue weighted by atomic mass is 79.9. The molecule has 0 aliphatic heterocycles. The van der Waals surface area contributed by atoms with Crippen LogP contribution in [-0.4, -0.2) is 19.8 Å². The largest absolute Gasteiger partial charge is 0.243 e. The molecule has 0 aromatic heterocycles. The molecule has 0 heterocycles. The van der Waals surface area contributed by atoms with Gasteiger partial charge in [0.15, 0.2) is 11.6 Å². The molecule has 0 amide bonds. The molecular formula is C15H14BrF2NO2S. The summed E-state index contributed by atoms with van der Waals surface area (Å²) in [5.74, 6) is -1.96. The van der Waals surface area contributed by atoms with Gasteiger partial charge in [0, 0.05) is 17.6 Å². The van der Waals surface area contributed by atoms with Crippen LogP contribution in [0.1, 0.15) is 18.5 Å². The number of sulfonamides is 1. The van der Waals surface area contributed by atoms with Gasteiger partial charge in [-0.1, -0.05) is 22.0 Å². The SMILES string of the molecule is CC(c1ccc(F)c(F)c1)N(C)S(=O)(=O)c1ccc(Br)cc1. The van der Waals surface area contributed by atoms with Crippen LogP contribution >= 0.6 is 15.9 Å². The molecule has 0 aliphatic carbocycles. The number of rotatable bonds is 4. The van der Waals surface area contributed by atoms with E-state index in [1.165, 1.54) is 25.2 Å². The van der Waals surface area contributed by atoms with E-state index in [1.807, 2.05) is 0 Å². The molecule has 0 saturated heterocycles. The van der Waals surface area contributed by atoms with Gasteiger partial charge in [-0.05, 0) is 48.9 Å². The second-order valence-electron chi connectivity index (χ2n) is 4.82. The van der Waals surface area contributed by atoms with Gasteiger partial charge in [0.1, 0.15) is 0 Å². The zero-order valence-corrected chi connectivity index (χ0v) is 14.3. The van der Waals surface area contributed by atoms with E-state index < -0.39 is 27.7 Å². The Bertz CT molecular complexity index is 779. The third-order valence-corrected chi connectivity index (χ3v) is 5.93. The van der Waals surface area contributed by atoms with Crippen molar-refractivity contribution in [1.82, 2.24) is 4.31 Å². The summed E-state index contributed by atoms with van der Waals surface area (Å²) in [5.41, 5.74) is 0.377. The number of halogens is 3. The molecule has 0 bridgehead atoms. The summed E-state index contributed by atoms with van der Waals surface area (Å²) < 4.78 is 53.3. The Kier molecular flexibility index (Phi) is 4.99. The van der Waals surface area contributed by atoms with E-state index in [-0.39, 0.29) is 4.90 Å². The average molecular weight is 390 g/mol. The molecule has 0 spiro atoms. The van der Waals surface area contributed by atoms with Crippen LogP contribution < -0.4 is 0 Å². The van der Waals surface area contributed by atoms with Crippen molar-refractivity contribution in [2.75, 3.05) is 7.05 Å². The van der Waals surface area contributed by atoms with Crippen molar-refractivity contribution in [3.05, 3.63) is 64.1 Å². The summed E-state index contributed by atoms with van der Waals surface area (Å²) in [6, 6.07) is 8.95. The molecule has 0 aliphatic rings. The maximum absolute atomic E-state index is 13.3. The molecule has 0 fully saturated rings. The van der Waals surface area contributed by atoms with Gasteiger partial charge in [0.05, 0.1) is 4.90 Å². The lowest BCUT2D eigenvalue weighted by Crippen LogP contribution is -2.29. The van der Waals surface area contributed by atoms with Crippen LogP contribution in [0.25, 0.3) is 0 Å². The Morgan fingerprint density at radius 2 is 1.64 bits per heavy atom. The Balaban J connectivity index is 2.34. The summed E-state index contributed by atoms with van der Waals surface area (Å²) in [4.78, 5) is 0.132. The number of benzene rings is 2. The highest BCUT2D eigenvalue weighted by Crippen LogP contribution is 2.27. The summed E-state index contributed by atoms with van der Waals surface area (Å²) in [7, 11) is -2.32. The second-order valence-corrected chi connectivity index (χ2v) is 7.74. The van der Waals surface area contributed by atoms with Gasteiger partial charge in [0.25, 0.3) is 0 Å². The minimum absolute atomic E-state index is 0.132. The van der Waals surface area contributed by atoms with Crippen molar-refractivity contribution >= 4 is 26.0 Å². The predicted octanol–water partition coefficient (Wildman–Crippen LogP) is 4.11. The Labute approximate surface area is 136 Å². The molecule has 1 atom stereocenters. The third-order valence-electron chi connectivity index (χ3n) is 3.46. The fourth-order valence-corrected chi connectivity index (χ4v) is 3.58. The first-order valence-electron chi connectivity index (χ1n) is 6.42. The maximum Gasteiger partial charge on any atom is 0.243 e. The lowest BCUT2D eigenvalue weighted by molar-refractivity contribution is 0.395. The maximum atomic E-state index is 13.3. The quantitative estimate of drug-likeness (QED) is 0.788. The Morgan fingerprint density at radius 1 is 1.05 bits per heavy atom. The average Bonchev–Trinajstić information content (AvgIpc) is 2.49. The first-order valence-corrected chi connectivity index (χ1v) is 8.65.